The van der Waals surface area contributed by atoms with E-state index in [2.05, 4.69) is 4.98 Å². The Morgan fingerprint density at radius 1 is 1.32 bits per heavy atom. The molecule has 1 saturated heterocycles. The third kappa shape index (κ3) is 2.66. The van der Waals surface area contributed by atoms with E-state index in [4.69, 9.17) is 23.0 Å². The second kappa shape index (κ2) is 5.07. The quantitative estimate of drug-likeness (QED) is 0.798. The van der Waals surface area contributed by atoms with Crippen molar-refractivity contribution >= 4 is 29.2 Å². The second-order valence-electron chi connectivity index (χ2n) is 5.20. The van der Waals surface area contributed by atoms with E-state index in [0.717, 1.165) is 0 Å². The van der Waals surface area contributed by atoms with Crippen molar-refractivity contribution in [3.8, 4) is 0 Å². The van der Waals surface area contributed by atoms with Crippen molar-refractivity contribution in [3.63, 3.8) is 0 Å². The number of anilines is 1. The Morgan fingerprint density at radius 2 is 1.89 bits per heavy atom. The van der Waals surface area contributed by atoms with Gasteiger partial charge in [-0.2, -0.15) is 0 Å². The number of thiazole rings is 1. The molecule has 1 fully saturated rings. The normalized spacial score (nSPS) is 31.5. The number of hydrogen-bond acceptors (Lipinski definition) is 5. The molecule has 0 atom stereocenters. The van der Waals surface area contributed by atoms with E-state index < -0.39 is 50.1 Å². The maximum absolute atomic E-state index is 8.00. The summed E-state index contributed by atoms with van der Waals surface area (Å²) >= 11 is 0.706. The maximum atomic E-state index is 8.00. The molecule has 0 amide bonds. The van der Waals surface area contributed by atoms with Crippen LogP contribution in [-0.4, -0.2) is 36.3 Å². The van der Waals surface area contributed by atoms with Crippen LogP contribution in [-0.2, 0) is 9.31 Å². The zero-order valence-corrected chi connectivity index (χ0v) is 12.1. The summed E-state index contributed by atoms with van der Waals surface area (Å²) < 4.78 is 88.5. The summed E-state index contributed by atoms with van der Waals surface area (Å²) in [5, 5.41) is 0.951. The van der Waals surface area contributed by atoms with E-state index in [1.807, 2.05) is 27.7 Å². The molecule has 2 heterocycles. The summed E-state index contributed by atoms with van der Waals surface area (Å²) in [7, 11) is -0.955. The molecule has 0 spiro atoms. The first-order valence-electron chi connectivity index (χ1n) is 10.8. The number of rotatable bonds is 4. The number of nitrogens with zero attached hydrogens (tertiary/aromatic N) is 2. The van der Waals surface area contributed by atoms with Crippen LogP contribution in [0.2, 0.25) is 0 Å². The molecule has 0 unspecified atom stereocenters. The van der Waals surface area contributed by atoms with E-state index in [1.165, 1.54) is 5.38 Å². The van der Waals surface area contributed by atoms with Gasteiger partial charge in [0.25, 0.3) is 0 Å². The highest BCUT2D eigenvalue weighted by molar-refractivity contribution is 7.14. The summed E-state index contributed by atoms with van der Waals surface area (Å²) in [6.07, 6.45) is 0. The first-order valence-corrected chi connectivity index (χ1v) is 6.64. The second-order valence-corrected chi connectivity index (χ2v) is 6.04. The van der Waals surface area contributed by atoms with Gasteiger partial charge in [0.05, 0.1) is 16.8 Å². The molecule has 2 rings (SSSR count). The van der Waals surface area contributed by atoms with Crippen molar-refractivity contribution in [1.82, 2.24) is 4.98 Å². The maximum Gasteiger partial charge on any atom is 0.515 e. The lowest BCUT2D eigenvalue weighted by Crippen LogP contribution is -2.41. The van der Waals surface area contributed by atoms with Crippen molar-refractivity contribution in [1.29, 1.82) is 0 Å². The first kappa shape index (κ1) is 6.45. The van der Waals surface area contributed by atoms with E-state index >= 15 is 0 Å². The zero-order chi connectivity index (χ0) is 22.8. The molecule has 19 heavy (non-hydrogen) atoms. The molecular formula is C13H23BN2O2S. The lowest BCUT2D eigenvalue weighted by atomic mass is 9.86. The van der Waals surface area contributed by atoms with Crippen LogP contribution in [0.3, 0.4) is 0 Å². The van der Waals surface area contributed by atoms with Gasteiger partial charge in [-0.1, -0.05) is 0 Å². The Kier molecular flexibility index (Phi) is 1.72. The lowest BCUT2D eigenvalue weighted by Gasteiger charge is -2.32. The molecule has 0 aliphatic carbocycles. The van der Waals surface area contributed by atoms with Crippen LogP contribution >= 0.6 is 11.3 Å². The monoisotopic (exact) mass is 292 g/mol. The molecular weight excluding hydrogens is 259 g/mol. The minimum Gasteiger partial charge on any atom is -0.398 e. The molecule has 0 bridgehead atoms. The highest BCUT2D eigenvalue weighted by Crippen LogP contribution is 2.36. The Balaban J connectivity index is 2.53. The third-order valence-corrected chi connectivity index (χ3v) is 4.26. The summed E-state index contributed by atoms with van der Waals surface area (Å²) in [6.45, 7) is -6.14. The molecule has 0 aromatic carbocycles. The van der Waals surface area contributed by atoms with Gasteiger partial charge in [0.2, 0.25) is 0 Å². The largest absolute Gasteiger partial charge is 0.515 e. The zero-order valence-electron chi connectivity index (χ0n) is 21.3. The molecule has 0 N–H and O–H groups in total. The molecule has 106 valence electrons. The van der Waals surface area contributed by atoms with Crippen LogP contribution in [0.5, 0.6) is 0 Å². The Bertz CT molecular complexity index is 720. The predicted molar refractivity (Wildman–Crippen MR) is 81.4 cm³/mol. The smallest absolute Gasteiger partial charge is 0.398 e. The third-order valence-electron chi connectivity index (χ3n) is 3.42. The number of aromatic nitrogens is 1. The SMILES string of the molecule is [2H]C([2H])([2H])C([2H])([2H])N(c1nc(B2OC(C)(C)C(C)(C)O2)cs1)C([2H])([2H])C([2H])([2H])[2H]. The molecule has 1 aliphatic rings. The van der Waals surface area contributed by atoms with Crippen LogP contribution in [0, 0.1) is 0 Å². The van der Waals surface area contributed by atoms with Crippen LogP contribution in [0.1, 0.15) is 55.1 Å². The van der Waals surface area contributed by atoms with Gasteiger partial charge < -0.3 is 14.2 Å². The van der Waals surface area contributed by atoms with E-state index in [0.29, 0.717) is 11.3 Å². The van der Waals surface area contributed by atoms with E-state index in [9.17, 15) is 0 Å². The fourth-order valence-electron chi connectivity index (χ4n) is 1.57. The van der Waals surface area contributed by atoms with E-state index in [1.54, 1.807) is 0 Å². The van der Waals surface area contributed by atoms with Crippen LogP contribution in [0.4, 0.5) is 5.13 Å². The molecule has 1 aromatic heterocycles. The van der Waals surface area contributed by atoms with Crippen LogP contribution in [0.15, 0.2) is 5.38 Å². The summed E-state index contributed by atoms with van der Waals surface area (Å²) in [5.41, 5.74) is -1.22. The molecule has 6 heteroatoms. The van der Waals surface area contributed by atoms with Gasteiger partial charge in [0, 0.05) is 32.1 Å². The minimum atomic E-state index is -3.35. The Morgan fingerprint density at radius 3 is 2.42 bits per heavy atom. The lowest BCUT2D eigenvalue weighted by molar-refractivity contribution is 0.00578. The molecule has 0 radical (unpaired) electrons. The van der Waals surface area contributed by atoms with Crippen molar-refractivity contribution in [2.24, 2.45) is 0 Å². The summed E-state index contributed by atoms with van der Waals surface area (Å²) in [5.74, 6) is 0. The molecule has 1 aliphatic heterocycles. The highest BCUT2D eigenvalue weighted by Gasteiger charge is 2.52. The standard InChI is InChI=1S/C13H23BN2O2S/c1-7-16(8-2)11-15-10(9-19-11)14-17-12(3,4)13(5,6)18-14/h9H,7-8H2,1-6H3/i1D3,2D3,7D2,8D2. The van der Waals surface area contributed by atoms with Gasteiger partial charge >= 0.3 is 7.12 Å². The topological polar surface area (TPSA) is 34.6 Å². The van der Waals surface area contributed by atoms with E-state index in [-0.39, 0.29) is 10.5 Å². The predicted octanol–water partition coefficient (Wildman–Crippen LogP) is 2.29. The van der Waals surface area contributed by atoms with Crippen molar-refractivity contribution in [3.05, 3.63) is 5.38 Å². The van der Waals surface area contributed by atoms with Crippen molar-refractivity contribution < 1.29 is 23.0 Å². The Hall–Kier alpha value is -0.585. The Labute approximate surface area is 134 Å². The van der Waals surface area contributed by atoms with Gasteiger partial charge in [-0.3, -0.25) is 0 Å². The fraction of sp³-hybridized carbons (Fsp3) is 0.769. The fourth-order valence-corrected chi connectivity index (χ4v) is 2.32. The van der Waals surface area contributed by atoms with Gasteiger partial charge in [-0.05, 0) is 41.4 Å². The van der Waals surface area contributed by atoms with Gasteiger partial charge in [-0.25, -0.2) is 4.98 Å². The average Bonchev–Trinajstić information content (AvgIpc) is 2.99. The highest BCUT2D eigenvalue weighted by atomic mass is 32.1. The van der Waals surface area contributed by atoms with Gasteiger partial charge in [-0.15, -0.1) is 11.3 Å². The molecule has 4 nitrogen and oxygen atoms in total. The number of hydrogen-bond donors (Lipinski definition) is 0. The van der Waals surface area contributed by atoms with Crippen LogP contribution in [0.25, 0.3) is 0 Å². The van der Waals surface area contributed by atoms with Crippen molar-refractivity contribution in [2.75, 3.05) is 17.9 Å². The summed E-state index contributed by atoms with van der Waals surface area (Å²) in [4.78, 5) is 4.17. The first-order chi connectivity index (χ1) is 12.7. The van der Waals surface area contributed by atoms with Gasteiger partial charge in [0.15, 0.2) is 5.13 Å². The van der Waals surface area contributed by atoms with Gasteiger partial charge in [0.1, 0.15) is 0 Å². The minimum absolute atomic E-state index is 0.0689. The molecule has 0 saturated carbocycles. The van der Waals surface area contributed by atoms with Crippen molar-refractivity contribution in [2.45, 2.75) is 52.6 Å². The molecule has 1 aromatic rings. The van der Waals surface area contributed by atoms with Crippen LogP contribution < -0.4 is 10.5 Å². The average molecular weight is 292 g/mol. The summed E-state index contributed by atoms with van der Waals surface area (Å²) in [6, 6.07) is 0.